The van der Waals surface area contributed by atoms with Crippen LogP contribution in [0.1, 0.15) is 13.8 Å². The van der Waals surface area contributed by atoms with E-state index in [2.05, 4.69) is 36.4 Å². The van der Waals surface area contributed by atoms with Gasteiger partial charge in [0.25, 0.3) is 0 Å². The van der Waals surface area contributed by atoms with Gasteiger partial charge in [0.1, 0.15) is 5.75 Å². The fourth-order valence-corrected chi connectivity index (χ4v) is 1.43. The van der Waals surface area contributed by atoms with Gasteiger partial charge >= 0.3 is 0 Å². The molecule has 0 saturated carbocycles. The molecule has 0 saturated heterocycles. The first-order valence-electron chi connectivity index (χ1n) is 4.17. The molecule has 0 heterocycles. The van der Waals surface area contributed by atoms with Crippen molar-refractivity contribution in [1.82, 2.24) is 0 Å². The Balaban J connectivity index is 2.63. The molecule has 0 spiro atoms. The summed E-state index contributed by atoms with van der Waals surface area (Å²) in [6.07, 6.45) is 0. The van der Waals surface area contributed by atoms with Gasteiger partial charge in [0, 0.05) is 3.57 Å². The highest BCUT2D eigenvalue weighted by atomic mass is 127. The molecule has 0 unspecified atom stereocenters. The zero-order valence-electron chi connectivity index (χ0n) is 7.68. The van der Waals surface area contributed by atoms with Gasteiger partial charge < -0.3 is 4.74 Å². The number of hydrogen-bond donors (Lipinski definition) is 0. The molecule has 0 aliphatic rings. The van der Waals surface area contributed by atoms with Crippen LogP contribution in [0.4, 0.5) is 0 Å². The third-order valence-corrected chi connectivity index (χ3v) is 3.02. The van der Waals surface area contributed by atoms with Crippen molar-refractivity contribution in [2.45, 2.75) is 13.8 Å². The summed E-state index contributed by atoms with van der Waals surface area (Å²) >= 11 is 8.08. The molecular weight excluding hydrogens is 298 g/mol. The van der Waals surface area contributed by atoms with Crippen LogP contribution in [-0.2, 0) is 0 Å². The predicted octanol–water partition coefficient (Wildman–Crippen LogP) is 3.98. The number of halogens is 2. The van der Waals surface area contributed by atoms with Gasteiger partial charge in [-0.2, -0.15) is 0 Å². The van der Waals surface area contributed by atoms with E-state index < -0.39 is 0 Å². The van der Waals surface area contributed by atoms with Crippen LogP contribution in [0.2, 0.25) is 5.02 Å². The van der Waals surface area contributed by atoms with Crippen LogP contribution in [0.3, 0.4) is 0 Å². The van der Waals surface area contributed by atoms with Crippen LogP contribution in [0.15, 0.2) is 18.2 Å². The molecule has 0 aliphatic carbocycles. The van der Waals surface area contributed by atoms with E-state index in [1.165, 1.54) is 0 Å². The van der Waals surface area contributed by atoms with Gasteiger partial charge in [0.2, 0.25) is 0 Å². The van der Waals surface area contributed by atoms with Crippen molar-refractivity contribution >= 4 is 34.2 Å². The molecule has 1 aromatic rings. The first-order valence-corrected chi connectivity index (χ1v) is 5.63. The van der Waals surface area contributed by atoms with Crippen molar-refractivity contribution in [2.75, 3.05) is 6.61 Å². The zero-order valence-corrected chi connectivity index (χ0v) is 10.6. The van der Waals surface area contributed by atoms with Gasteiger partial charge in [0.15, 0.2) is 0 Å². The van der Waals surface area contributed by atoms with E-state index in [0.717, 1.165) is 20.9 Å². The maximum absolute atomic E-state index is 5.88. The summed E-state index contributed by atoms with van der Waals surface area (Å²) in [5.41, 5.74) is 0. The van der Waals surface area contributed by atoms with E-state index in [1.54, 1.807) is 0 Å². The van der Waals surface area contributed by atoms with Gasteiger partial charge in [0.05, 0.1) is 11.6 Å². The van der Waals surface area contributed by atoms with E-state index >= 15 is 0 Å². The van der Waals surface area contributed by atoms with Crippen molar-refractivity contribution in [1.29, 1.82) is 0 Å². The van der Waals surface area contributed by atoms with Gasteiger partial charge in [-0.1, -0.05) is 25.4 Å². The van der Waals surface area contributed by atoms with E-state index in [0.29, 0.717) is 5.92 Å². The van der Waals surface area contributed by atoms with Crippen LogP contribution in [0.5, 0.6) is 5.75 Å². The lowest BCUT2D eigenvalue weighted by Crippen LogP contribution is -2.04. The monoisotopic (exact) mass is 310 g/mol. The molecule has 0 aromatic heterocycles. The molecule has 0 radical (unpaired) electrons. The van der Waals surface area contributed by atoms with Crippen molar-refractivity contribution in [2.24, 2.45) is 5.92 Å². The zero-order chi connectivity index (χ0) is 9.84. The Labute approximate surface area is 97.6 Å². The minimum atomic E-state index is 0.549. The lowest BCUT2D eigenvalue weighted by molar-refractivity contribution is 0.271. The Morgan fingerprint density at radius 3 is 2.69 bits per heavy atom. The van der Waals surface area contributed by atoms with E-state index in [9.17, 15) is 0 Å². The van der Waals surface area contributed by atoms with Crippen molar-refractivity contribution in [3.63, 3.8) is 0 Å². The molecule has 1 nitrogen and oxygen atoms in total. The van der Waals surface area contributed by atoms with Gasteiger partial charge in [-0.3, -0.25) is 0 Å². The second kappa shape index (κ2) is 5.05. The number of rotatable bonds is 3. The second-order valence-corrected chi connectivity index (χ2v) is 4.85. The Morgan fingerprint density at radius 1 is 1.46 bits per heavy atom. The van der Waals surface area contributed by atoms with Gasteiger partial charge in [-0.15, -0.1) is 0 Å². The molecule has 0 amide bonds. The number of ether oxygens (including phenoxy) is 1. The predicted molar refractivity (Wildman–Crippen MR) is 64.5 cm³/mol. The molecule has 72 valence electrons. The second-order valence-electron chi connectivity index (χ2n) is 3.28. The maximum atomic E-state index is 5.88. The molecule has 0 atom stereocenters. The smallest absolute Gasteiger partial charge is 0.120 e. The third kappa shape index (κ3) is 3.73. The standard InChI is InChI=1S/C10H12ClIO/c1-7(2)6-13-8-3-4-9(11)10(12)5-8/h3-5,7H,6H2,1-2H3. The summed E-state index contributed by atoms with van der Waals surface area (Å²) in [6, 6.07) is 5.71. The quantitative estimate of drug-likeness (QED) is 0.767. The summed E-state index contributed by atoms with van der Waals surface area (Å²) in [5, 5.41) is 0.775. The van der Waals surface area contributed by atoms with Crippen molar-refractivity contribution in [3.05, 3.63) is 26.8 Å². The highest BCUT2D eigenvalue weighted by Crippen LogP contribution is 2.23. The van der Waals surface area contributed by atoms with E-state index in [1.807, 2.05) is 18.2 Å². The molecule has 0 N–H and O–H groups in total. The highest BCUT2D eigenvalue weighted by Gasteiger charge is 2.00. The molecule has 13 heavy (non-hydrogen) atoms. The summed E-state index contributed by atoms with van der Waals surface area (Å²) in [6.45, 7) is 5.00. The molecule has 1 rings (SSSR count). The lowest BCUT2D eigenvalue weighted by atomic mass is 10.2. The van der Waals surface area contributed by atoms with Crippen LogP contribution in [0, 0.1) is 9.49 Å². The fourth-order valence-electron chi connectivity index (χ4n) is 0.830. The largest absolute Gasteiger partial charge is 0.493 e. The number of benzene rings is 1. The van der Waals surface area contributed by atoms with E-state index in [-0.39, 0.29) is 0 Å². The molecule has 0 bridgehead atoms. The normalized spacial score (nSPS) is 10.5. The van der Waals surface area contributed by atoms with Crippen molar-refractivity contribution < 1.29 is 4.74 Å². The Kier molecular flexibility index (Phi) is 4.32. The molecular formula is C10H12ClIO. The maximum Gasteiger partial charge on any atom is 0.120 e. The van der Waals surface area contributed by atoms with Crippen LogP contribution in [-0.4, -0.2) is 6.61 Å². The molecule has 3 heteroatoms. The fraction of sp³-hybridized carbons (Fsp3) is 0.400. The SMILES string of the molecule is CC(C)COc1ccc(Cl)c(I)c1. The first-order chi connectivity index (χ1) is 6.09. The molecule has 0 fully saturated rings. The molecule has 0 aliphatic heterocycles. The van der Waals surface area contributed by atoms with Crippen molar-refractivity contribution in [3.8, 4) is 5.75 Å². The van der Waals surface area contributed by atoms with Gasteiger partial charge in [-0.25, -0.2) is 0 Å². The lowest BCUT2D eigenvalue weighted by Gasteiger charge is -2.08. The molecule has 1 aromatic carbocycles. The van der Waals surface area contributed by atoms with Crippen LogP contribution < -0.4 is 4.74 Å². The minimum absolute atomic E-state index is 0.549. The number of hydrogen-bond acceptors (Lipinski definition) is 1. The van der Waals surface area contributed by atoms with Crippen LogP contribution >= 0.6 is 34.2 Å². The third-order valence-electron chi connectivity index (χ3n) is 1.47. The Morgan fingerprint density at radius 2 is 2.15 bits per heavy atom. The Hall–Kier alpha value is 0.0400. The highest BCUT2D eigenvalue weighted by molar-refractivity contribution is 14.1. The van der Waals surface area contributed by atoms with E-state index in [4.69, 9.17) is 16.3 Å². The average molecular weight is 311 g/mol. The summed E-state index contributed by atoms with van der Waals surface area (Å²) in [4.78, 5) is 0. The average Bonchev–Trinajstić information content (AvgIpc) is 2.07. The summed E-state index contributed by atoms with van der Waals surface area (Å²) in [7, 11) is 0. The van der Waals surface area contributed by atoms with Gasteiger partial charge in [-0.05, 0) is 46.7 Å². The minimum Gasteiger partial charge on any atom is -0.493 e. The Bertz CT molecular complexity index is 286. The summed E-state index contributed by atoms with van der Waals surface area (Å²) < 4.78 is 6.57. The first kappa shape index (κ1) is 11.1. The topological polar surface area (TPSA) is 9.23 Å². The van der Waals surface area contributed by atoms with Crippen LogP contribution in [0.25, 0.3) is 0 Å². The summed E-state index contributed by atoms with van der Waals surface area (Å²) in [5.74, 6) is 1.44.